The smallest absolute Gasteiger partial charge is 0.0888 e. The molecule has 3 nitrogen and oxygen atoms in total. The molecule has 0 aliphatic carbocycles. The molecule has 1 atom stereocenters. The molecular formula is C14H16ClN3. The second kappa shape index (κ2) is 4.84. The number of nitrogens with zero attached hydrogens (tertiary/aromatic N) is 2. The summed E-state index contributed by atoms with van der Waals surface area (Å²) in [6.45, 7) is 3.10. The third-order valence-corrected chi connectivity index (χ3v) is 3.88. The third-order valence-electron chi connectivity index (χ3n) is 3.58. The molecule has 1 aliphatic heterocycles. The largest absolute Gasteiger partial charge is 0.314 e. The van der Waals surface area contributed by atoms with Gasteiger partial charge in [-0.05, 0) is 24.7 Å². The molecule has 1 saturated heterocycles. The fourth-order valence-corrected chi connectivity index (χ4v) is 2.73. The van der Waals surface area contributed by atoms with Gasteiger partial charge in [0, 0.05) is 37.3 Å². The van der Waals surface area contributed by atoms with Crippen molar-refractivity contribution in [3.05, 3.63) is 41.0 Å². The van der Waals surface area contributed by atoms with Crippen LogP contribution in [0.5, 0.6) is 0 Å². The van der Waals surface area contributed by atoms with Crippen molar-refractivity contribution < 1.29 is 0 Å². The maximum Gasteiger partial charge on any atom is 0.0888 e. The van der Waals surface area contributed by atoms with Crippen LogP contribution in [0.15, 0.2) is 30.5 Å². The average Bonchev–Trinajstić information content (AvgIpc) is 2.39. The number of halogens is 1. The van der Waals surface area contributed by atoms with Crippen molar-refractivity contribution in [1.82, 2.24) is 15.2 Å². The van der Waals surface area contributed by atoms with Crippen LogP contribution in [0, 0.1) is 0 Å². The van der Waals surface area contributed by atoms with E-state index in [1.54, 1.807) is 0 Å². The van der Waals surface area contributed by atoms with E-state index >= 15 is 0 Å². The summed E-state index contributed by atoms with van der Waals surface area (Å²) in [6.07, 6.45) is 1.95. The Kier molecular flexibility index (Phi) is 3.20. The molecule has 0 radical (unpaired) electrons. The summed E-state index contributed by atoms with van der Waals surface area (Å²) >= 11 is 6.14. The Labute approximate surface area is 112 Å². The number of aromatic nitrogens is 1. The third kappa shape index (κ3) is 2.09. The zero-order chi connectivity index (χ0) is 12.5. The van der Waals surface area contributed by atoms with Crippen LogP contribution in [0.1, 0.15) is 11.6 Å². The lowest BCUT2D eigenvalue weighted by Crippen LogP contribution is -2.43. The standard InChI is InChI=1S/C14H16ClN3/c1-18-6-5-16-9-13(18)11-7-10-3-2-4-12(15)14(10)17-8-11/h2-4,7-8,13,16H,5-6,9H2,1H3. The fourth-order valence-electron chi connectivity index (χ4n) is 2.50. The van der Waals surface area contributed by atoms with Gasteiger partial charge >= 0.3 is 0 Å². The summed E-state index contributed by atoms with van der Waals surface area (Å²) in [6, 6.07) is 8.51. The molecular weight excluding hydrogens is 246 g/mol. The monoisotopic (exact) mass is 261 g/mol. The summed E-state index contributed by atoms with van der Waals surface area (Å²) in [5, 5.41) is 5.25. The predicted molar refractivity (Wildman–Crippen MR) is 75.0 cm³/mol. The second-order valence-electron chi connectivity index (χ2n) is 4.78. The number of piperazine rings is 1. The molecule has 3 rings (SSSR count). The van der Waals surface area contributed by atoms with Gasteiger partial charge in [0.05, 0.1) is 10.5 Å². The zero-order valence-corrected chi connectivity index (χ0v) is 11.1. The van der Waals surface area contributed by atoms with E-state index in [-0.39, 0.29) is 0 Å². The van der Waals surface area contributed by atoms with Crippen LogP contribution in [0.4, 0.5) is 0 Å². The van der Waals surface area contributed by atoms with Crippen LogP contribution < -0.4 is 5.32 Å². The van der Waals surface area contributed by atoms with Gasteiger partial charge in [-0.25, -0.2) is 0 Å². The number of pyridine rings is 1. The summed E-state index contributed by atoms with van der Waals surface area (Å²) < 4.78 is 0. The lowest BCUT2D eigenvalue weighted by molar-refractivity contribution is 0.202. The molecule has 2 aromatic rings. The maximum absolute atomic E-state index is 6.14. The van der Waals surface area contributed by atoms with E-state index in [9.17, 15) is 0 Å². The Morgan fingerprint density at radius 2 is 2.33 bits per heavy atom. The zero-order valence-electron chi connectivity index (χ0n) is 10.4. The number of nitrogens with one attached hydrogen (secondary N) is 1. The minimum absolute atomic E-state index is 0.398. The van der Waals surface area contributed by atoms with Gasteiger partial charge in [-0.2, -0.15) is 0 Å². The first-order valence-corrected chi connectivity index (χ1v) is 6.58. The molecule has 1 unspecified atom stereocenters. The van der Waals surface area contributed by atoms with Gasteiger partial charge in [-0.1, -0.05) is 23.7 Å². The van der Waals surface area contributed by atoms with Gasteiger partial charge in [-0.15, -0.1) is 0 Å². The van der Waals surface area contributed by atoms with Crippen LogP contribution in [0.2, 0.25) is 5.02 Å². The summed E-state index contributed by atoms with van der Waals surface area (Å²) in [5.41, 5.74) is 2.13. The van der Waals surface area contributed by atoms with Crippen molar-refractivity contribution in [1.29, 1.82) is 0 Å². The molecule has 0 bridgehead atoms. The van der Waals surface area contributed by atoms with Gasteiger partial charge < -0.3 is 5.32 Å². The van der Waals surface area contributed by atoms with Crippen molar-refractivity contribution in [3.63, 3.8) is 0 Å². The summed E-state index contributed by atoms with van der Waals surface area (Å²) in [7, 11) is 2.16. The molecule has 1 fully saturated rings. The predicted octanol–water partition coefficient (Wildman–Crippen LogP) is 2.46. The summed E-state index contributed by atoms with van der Waals surface area (Å²) in [4.78, 5) is 6.87. The quantitative estimate of drug-likeness (QED) is 0.855. The minimum Gasteiger partial charge on any atom is -0.314 e. The van der Waals surface area contributed by atoms with Gasteiger partial charge in [0.1, 0.15) is 0 Å². The first-order valence-electron chi connectivity index (χ1n) is 6.21. The number of likely N-dealkylation sites (N-methyl/N-ethyl adjacent to an activating group) is 1. The van der Waals surface area contributed by atoms with Crippen LogP contribution in [0.3, 0.4) is 0 Å². The summed E-state index contributed by atoms with van der Waals surface area (Å²) in [5.74, 6) is 0. The number of fused-ring (bicyclic) bond motifs is 1. The molecule has 2 heterocycles. The van der Waals surface area contributed by atoms with E-state index in [4.69, 9.17) is 11.6 Å². The average molecular weight is 262 g/mol. The normalized spacial score (nSPS) is 21.3. The first kappa shape index (κ1) is 11.9. The van der Waals surface area contributed by atoms with Crippen LogP contribution in [-0.4, -0.2) is 36.6 Å². The van der Waals surface area contributed by atoms with Crippen molar-refractivity contribution in [2.45, 2.75) is 6.04 Å². The molecule has 4 heteroatoms. The molecule has 0 amide bonds. The topological polar surface area (TPSA) is 28.2 Å². The molecule has 1 aliphatic rings. The fraction of sp³-hybridized carbons (Fsp3) is 0.357. The Morgan fingerprint density at radius 1 is 1.44 bits per heavy atom. The number of para-hydroxylation sites is 1. The molecule has 1 aromatic carbocycles. The van der Waals surface area contributed by atoms with Gasteiger partial charge in [0.2, 0.25) is 0 Å². The van der Waals surface area contributed by atoms with Crippen molar-refractivity contribution in [3.8, 4) is 0 Å². The van der Waals surface area contributed by atoms with Crippen LogP contribution >= 0.6 is 11.6 Å². The van der Waals surface area contributed by atoms with E-state index in [2.05, 4.69) is 34.4 Å². The van der Waals surface area contributed by atoms with E-state index in [1.807, 2.05) is 18.3 Å². The van der Waals surface area contributed by atoms with E-state index in [0.29, 0.717) is 11.1 Å². The lowest BCUT2D eigenvalue weighted by atomic mass is 10.0. The molecule has 0 spiro atoms. The van der Waals surface area contributed by atoms with Crippen molar-refractivity contribution in [2.75, 3.05) is 26.7 Å². The molecule has 18 heavy (non-hydrogen) atoms. The van der Waals surface area contributed by atoms with E-state index in [0.717, 1.165) is 30.5 Å². The van der Waals surface area contributed by atoms with Gasteiger partial charge in [-0.3, -0.25) is 9.88 Å². The molecule has 0 saturated carbocycles. The number of benzene rings is 1. The van der Waals surface area contributed by atoms with Crippen LogP contribution in [0.25, 0.3) is 10.9 Å². The lowest BCUT2D eigenvalue weighted by Gasteiger charge is -2.33. The SMILES string of the molecule is CN1CCNCC1c1cnc2c(Cl)cccc2c1. The highest BCUT2D eigenvalue weighted by Crippen LogP contribution is 2.26. The molecule has 1 aromatic heterocycles. The Morgan fingerprint density at radius 3 is 3.17 bits per heavy atom. The highest BCUT2D eigenvalue weighted by Gasteiger charge is 2.20. The molecule has 1 N–H and O–H groups in total. The van der Waals surface area contributed by atoms with Crippen molar-refractivity contribution >= 4 is 22.5 Å². The van der Waals surface area contributed by atoms with Gasteiger partial charge in [0.25, 0.3) is 0 Å². The Hall–Kier alpha value is -1.16. The minimum atomic E-state index is 0.398. The van der Waals surface area contributed by atoms with Gasteiger partial charge in [0.15, 0.2) is 0 Å². The number of hydrogen-bond donors (Lipinski definition) is 1. The van der Waals surface area contributed by atoms with E-state index in [1.165, 1.54) is 5.56 Å². The maximum atomic E-state index is 6.14. The van der Waals surface area contributed by atoms with Crippen molar-refractivity contribution in [2.24, 2.45) is 0 Å². The Bertz CT molecular complexity index is 570. The first-order chi connectivity index (χ1) is 8.75. The number of hydrogen-bond acceptors (Lipinski definition) is 3. The highest BCUT2D eigenvalue weighted by molar-refractivity contribution is 6.35. The second-order valence-corrected chi connectivity index (χ2v) is 5.19. The number of rotatable bonds is 1. The van der Waals surface area contributed by atoms with E-state index < -0.39 is 0 Å². The molecule has 94 valence electrons. The van der Waals surface area contributed by atoms with Crippen LogP contribution in [-0.2, 0) is 0 Å². The Balaban J connectivity index is 2.02. The highest BCUT2D eigenvalue weighted by atomic mass is 35.5.